The van der Waals surface area contributed by atoms with Gasteiger partial charge in [-0.2, -0.15) is 0 Å². The van der Waals surface area contributed by atoms with Crippen molar-refractivity contribution in [2.24, 2.45) is 5.92 Å². The van der Waals surface area contributed by atoms with Gasteiger partial charge >= 0.3 is 0 Å². The van der Waals surface area contributed by atoms with Crippen molar-refractivity contribution < 1.29 is 4.74 Å². The van der Waals surface area contributed by atoms with Gasteiger partial charge in [0.25, 0.3) is 0 Å². The topological polar surface area (TPSA) is 34.2 Å². The van der Waals surface area contributed by atoms with Crippen molar-refractivity contribution in [3.63, 3.8) is 0 Å². The summed E-state index contributed by atoms with van der Waals surface area (Å²) in [5.41, 5.74) is 1.26. The molecular weight excluding hydrogens is 268 g/mol. The smallest absolute Gasteiger partial charge is 0.113 e. The standard InChI is InChI=1S/C16H28N2OS/c1-6-8-17-16(5,12-7-9-19-10-12)14-18-13(11-20-14)15(2,3)4/h11-12,17H,6-10H2,1-5H3. The van der Waals surface area contributed by atoms with Crippen LogP contribution in [-0.2, 0) is 15.7 Å². The Kier molecular flexibility index (Phi) is 4.88. The van der Waals surface area contributed by atoms with Crippen molar-refractivity contribution in [2.75, 3.05) is 19.8 Å². The number of nitrogens with zero attached hydrogens (tertiary/aromatic N) is 1. The molecule has 0 bridgehead atoms. The summed E-state index contributed by atoms with van der Waals surface area (Å²) < 4.78 is 5.62. The molecular formula is C16H28N2OS. The molecule has 0 aromatic carbocycles. The first-order valence-electron chi connectivity index (χ1n) is 7.67. The zero-order valence-electron chi connectivity index (χ0n) is 13.5. The largest absolute Gasteiger partial charge is 0.381 e. The number of hydrogen-bond acceptors (Lipinski definition) is 4. The minimum Gasteiger partial charge on any atom is -0.381 e. The summed E-state index contributed by atoms with van der Waals surface area (Å²) in [6.45, 7) is 13.9. The van der Waals surface area contributed by atoms with Crippen LogP contribution < -0.4 is 5.32 Å². The number of thiazole rings is 1. The van der Waals surface area contributed by atoms with Gasteiger partial charge in [-0.1, -0.05) is 27.7 Å². The molecule has 1 aromatic rings. The average molecular weight is 296 g/mol. The van der Waals surface area contributed by atoms with Crippen molar-refractivity contribution in [1.29, 1.82) is 0 Å². The first kappa shape index (κ1) is 15.9. The molecule has 2 atom stereocenters. The van der Waals surface area contributed by atoms with Gasteiger partial charge in [0.15, 0.2) is 0 Å². The second kappa shape index (κ2) is 6.12. The monoisotopic (exact) mass is 296 g/mol. The van der Waals surface area contributed by atoms with E-state index in [4.69, 9.17) is 9.72 Å². The molecule has 0 aliphatic carbocycles. The lowest BCUT2D eigenvalue weighted by Crippen LogP contribution is -2.46. The van der Waals surface area contributed by atoms with Crippen LogP contribution in [0.2, 0.25) is 0 Å². The Bertz CT molecular complexity index is 432. The number of rotatable bonds is 5. The van der Waals surface area contributed by atoms with E-state index >= 15 is 0 Å². The molecule has 20 heavy (non-hydrogen) atoms. The molecule has 1 fully saturated rings. The lowest BCUT2D eigenvalue weighted by molar-refractivity contribution is 0.152. The van der Waals surface area contributed by atoms with Crippen LogP contribution in [0.4, 0.5) is 0 Å². The van der Waals surface area contributed by atoms with E-state index in [0.717, 1.165) is 32.6 Å². The van der Waals surface area contributed by atoms with Gasteiger partial charge in [-0.15, -0.1) is 11.3 Å². The maximum Gasteiger partial charge on any atom is 0.113 e. The molecule has 1 saturated heterocycles. The SMILES string of the molecule is CCCNC(C)(c1nc(C(C)(C)C)cs1)C1CCOC1. The van der Waals surface area contributed by atoms with Gasteiger partial charge in [-0.05, 0) is 26.3 Å². The fraction of sp³-hybridized carbons (Fsp3) is 0.812. The van der Waals surface area contributed by atoms with E-state index in [2.05, 4.69) is 45.3 Å². The van der Waals surface area contributed by atoms with E-state index in [1.807, 2.05) is 0 Å². The molecule has 1 aliphatic rings. The average Bonchev–Trinajstić information content (AvgIpc) is 3.04. The van der Waals surface area contributed by atoms with E-state index in [-0.39, 0.29) is 11.0 Å². The summed E-state index contributed by atoms with van der Waals surface area (Å²) in [5, 5.41) is 7.17. The third kappa shape index (κ3) is 3.23. The zero-order chi connectivity index (χ0) is 14.8. The van der Waals surface area contributed by atoms with Crippen LogP contribution in [0.3, 0.4) is 0 Å². The molecule has 2 heterocycles. The summed E-state index contributed by atoms with van der Waals surface area (Å²) >= 11 is 1.79. The van der Waals surface area contributed by atoms with Gasteiger partial charge in [-0.3, -0.25) is 0 Å². The van der Waals surface area contributed by atoms with Crippen LogP contribution in [0.15, 0.2) is 5.38 Å². The molecule has 0 radical (unpaired) electrons. The highest BCUT2D eigenvalue weighted by Crippen LogP contribution is 2.38. The van der Waals surface area contributed by atoms with Crippen LogP contribution in [-0.4, -0.2) is 24.7 Å². The molecule has 0 spiro atoms. The predicted octanol–water partition coefficient (Wildman–Crippen LogP) is 3.69. The molecule has 4 heteroatoms. The van der Waals surface area contributed by atoms with Crippen LogP contribution in [0.25, 0.3) is 0 Å². The molecule has 1 aliphatic heterocycles. The fourth-order valence-corrected chi connectivity index (χ4v) is 3.89. The van der Waals surface area contributed by atoms with Crippen LogP contribution in [0.1, 0.15) is 58.2 Å². The lowest BCUT2D eigenvalue weighted by Gasteiger charge is -2.34. The summed E-state index contributed by atoms with van der Waals surface area (Å²) in [5.74, 6) is 0.521. The number of hydrogen-bond donors (Lipinski definition) is 1. The van der Waals surface area contributed by atoms with Gasteiger partial charge in [0.05, 0.1) is 17.8 Å². The Morgan fingerprint density at radius 1 is 1.40 bits per heavy atom. The maximum atomic E-state index is 5.62. The van der Waals surface area contributed by atoms with E-state index in [1.165, 1.54) is 10.7 Å². The normalized spacial score (nSPS) is 22.9. The Morgan fingerprint density at radius 2 is 2.15 bits per heavy atom. The van der Waals surface area contributed by atoms with Gasteiger partial charge in [0, 0.05) is 23.3 Å². The second-order valence-electron chi connectivity index (χ2n) is 6.98. The second-order valence-corrected chi connectivity index (χ2v) is 7.84. The Labute approximate surface area is 127 Å². The Balaban J connectivity index is 2.28. The first-order valence-corrected chi connectivity index (χ1v) is 8.55. The molecule has 3 nitrogen and oxygen atoms in total. The van der Waals surface area contributed by atoms with Crippen molar-refractivity contribution in [3.8, 4) is 0 Å². The summed E-state index contributed by atoms with van der Waals surface area (Å²) in [6, 6.07) is 0. The van der Waals surface area contributed by atoms with Crippen LogP contribution >= 0.6 is 11.3 Å². The van der Waals surface area contributed by atoms with Gasteiger partial charge in [-0.25, -0.2) is 4.98 Å². The molecule has 0 saturated carbocycles. The minimum atomic E-state index is -0.0549. The van der Waals surface area contributed by atoms with Crippen LogP contribution in [0, 0.1) is 5.92 Å². The van der Waals surface area contributed by atoms with E-state index in [1.54, 1.807) is 11.3 Å². The number of ether oxygens (including phenoxy) is 1. The Morgan fingerprint density at radius 3 is 2.65 bits per heavy atom. The fourth-order valence-electron chi connectivity index (χ4n) is 2.63. The first-order chi connectivity index (χ1) is 9.38. The van der Waals surface area contributed by atoms with Crippen LogP contribution in [0.5, 0.6) is 0 Å². The molecule has 0 amide bonds. The summed E-state index contributed by atoms with van der Waals surface area (Å²) in [7, 11) is 0. The number of aromatic nitrogens is 1. The van der Waals surface area contributed by atoms with Crippen molar-refractivity contribution in [1.82, 2.24) is 10.3 Å². The third-order valence-electron chi connectivity index (χ3n) is 4.21. The van der Waals surface area contributed by atoms with Crippen molar-refractivity contribution in [3.05, 3.63) is 16.1 Å². The van der Waals surface area contributed by atoms with E-state index in [9.17, 15) is 0 Å². The quantitative estimate of drug-likeness (QED) is 0.900. The minimum absolute atomic E-state index is 0.0549. The van der Waals surface area contributed by atoms with Gasteiger partial charge < -0.3 is 10.1 Å². The maximum absolute atomic E-state index is 5.62. The van der Waals surface area contributed by atoms with Gasteiger partial charge in [0.1, 0.15) is 5.01 Å². The molecule has 114 valence electrons. The number of nitrogens with one attached hydrogen (secondary N) is 1. The zero-order valence-corrected chi connectivity index (χ0v) is 14.3. The molecule has 2 unspecified atom stereocenters. The summed E-state index contributed by atoms with van der Waals surface area (Å²) in [6.07, 6.45) is 2.26. The highest BCUT2D eigenvalue weighted by Gasteiger charge is 2.40. The van der Waals surface area contributed by atoms with Crippen molar-refractivity contribution in [2.45, 2.75) is 58.4 Å². The van der Waals surface area contributed by atoms with E-state index in [0.29, 0.717) is 5.92 Å². The molecule has 2 rings (SSSR count). The lowest BCUT2D eigenvalue weighted by atomic mass is 9.85. The summed E-state index contributed by atoms with van der Waals surface area (Å²) in [4.78, 5) is 4.95. The molecule has 1 aromatic heterocycles. The van der Waals surface area contributed by atoms with E-state index < -0.39 is 0 Å². The van der Waals surface area contributed by atoms with Crippen molar-refractivity contribution >= 4 is 11.3 Å². The third-order valence-corrected chi connectivity index (χ3v) is 5.28. The highest BCUT2D eigenvalue weighted by molar-refractivity contribution is 7.09. The molecule has 1 N–H and O–H groups in total. The van der Waals surface area contributed by atoms with Gasteiger partial charge in [0.2, 0.25) is 0 Å². The highest BCUT2D eigenvalue weighted by atomic mass is 32.1. The predicted molar refractivity (Wildman–Crippen MR) is 85.4 cm³/mol. The Hall–Kier alpha value is -0.450.